The molecule has 2 fully saturated rings. The molecule has 3 aromatic rings. The maximum atomic E-state index is 13.4. The minimum Gasteiger partial charge on any atom is -0.459 e. The van der Waals surface area contributed by atoms with Crippen LogP contribution in [0.3, 0.4) is 0 Å². The van der Waals surface area contributed by atoms with E-state index in [0.717, 1.165) is 10.9 Å². The number of carbonyl (C=O) groups is 2. The molecule has 0 aliphatic carbocycles. The SMILES string of the molecule is CC(C)(C)OC(=O)N1[C@@H]2COC[C@H]1CC(OC(=O)c1cn(-c3ccccc3C#N)c3ccccc13)C2. The number of hydrogen-bond donors (Lipinski definition) is 0. The topological polar surface area (TPSA) is 93.8 Å². The summed E-state index contributed by atoms with van der Waals surface area (Å²) in [6, 6.07) is 16.6. The van der Waals surface area contributed by atoms with Gasteiger partial charge in [0.2, 0.25) is 0 Å². The molecule has 8 heteroatoms. The normalized spacial score (nSPS) is 21.6. The van der Waals surface area contributed by atoms with Crippen molar-refractivity contribution in [2.75, 3.05) is 13.2 Å². The second-order valence-electron chi connectivity index (χ2n) is 10.3. The van der Waals surface area contributed by atoms with Gasteiger partial charge in [-0.15, -0.1) is 0 Å². The zero-order chi connectivity index (χ0) is 25.4. The van der Waals surface area contributed by atoms with E-state index < -0.39 is 11.6 Å². The lowest BCUT2D eigenvalue weighted by Gasteiger charge is -2.47. The number of nitrogens with zero attached hydrogens (tertiary/aromatic N) is 3. The maximum Gasteiger partial charge on any atom is 0.410 e. The van der Waals surface area contributed by atoms with Crippen LogP contribution in [-0.2, 0) is 14.2 Å². The first kappa shape index (κ1) is 23.9. The lowest BCUT2D eigenvalue weighted by Crippen LogP contribution is -2.61. The minimum atomic E-state index is -0.589. The van der Waals surface area contributed by atoms with Crippen molar-refractivity contribution in [2.24, 2.45) is 0 Å². The standard InChI is InChI=1S/C28H29N3O5/c1-28(2,3)36-27(33)31-19-12-21(13-20(31)17-34-16-19)35-26(32)23-15-30(25-11-7-5-9-22(23)25)24-10-6-4-8-18(24)14-29/h4-11,15,19-21H,12-13,16-17H2,1-3H3/t19-,20+,21?. The van der Waals surface area contributed by atoms with Gasteiger partial charge in [-0.1, -0.05) is 30.3 Å². The fourth-order valence-corrected chi connectivity index (χ4v) is 5.11. The lowest BCUT2D eigenvalue weighted by molar-refractivity contribution is -0.106. The van der Waals surface area contributed by atoms with Crippen molar-refractivity contribution in [1.29, 1.82) is 5.26 Å². The van der Waals surface area contributed by atoms with Crippen molar-refractivity contribution in [3.05, 3.63) is 65.9 Å². The second-order valence-corrected chi connectivity index (χ2v) is 10.3. The van der Waals surface area contributed by atoms with Crippen LogP contribution in [0.25, 0.3) is 16.6 Å². The minimum absolute atomic E-state index is 0.214. The monoisotopic (exact) mass is 487 g/mol. The van der Waals surface area contributed by atoms with E-state index >= 15 is 0 Å². The Labute approximate surface area is 210 Å². The molecule has 3 atom stereocenters. The number of nitriles is 1. The Morgan fingerprint density at radius 1 is 1.03 bits per heavy atom. The highest BCUT2D eigenvalue weighted by Gasteiger charge is 2.44. The molecule has 0 N–H and O–H groups in total. The Kier molecular flexibility index (Phi) is 6.19. The van der Waals surface area contributed by atoms with E-state index in [1.165, 1.54) is 0 Å². The van der Waals surface area contributed by atoms with Crippen LogP contribution in [0.1, 0.15) is 49.5 Å². The molecule has 3 heterocycles. The number of carbonyl (C=O) groups excluding carboxylic acids is 2. The van der Waals surface area contributed by atoms with E-state index in [1.807, 2.05) is 67.8 Å². The van der Waals surface area contributed by atoms with Crippen molar-refractivity contribution in [3.8, 4) is 11.8 Å². The first-order valence-corrected chi connectivity index (χ1v) is 12.1. The average Bonchev–Trinajstić information content (AvgIpc) is 3.22. The Morgan fingerprint density at radius 3 is 2.39 bits per heavy atom. The Hall–Kier alpha value is -3.83. The summed E-state index contributed by atoms with van der Waals surface area (Å²) in [7, 11) is 0. The first-order chi connectivity index (χ1) is 17.2. The Bertz CT molecular complexity index is 1340. The summed E-state index contributed by atoms with van der Waals surface area (Å²) in [6.45, 7) is 6.30. The predicted molar refractivity (Wildman–Crippen MR) is 133 cm³/mol. The second kappa shape index (κ2) is 9.32. The molecular weight excluding hydrogens is 458 g/mol. The molecule has 2 bridgehead atoms. The molecule has 2 aliphatic heterocycles. The first-order valence-electron chi connectivity index (χ1n) is 12.1. The number of benzene rings is 2. The summed E-state index contributed by atoms with van der Waals surface area (Å²) in [4.78, 5) is 28.0. The van der Waals surface area contributed by atoms with Crippen molar-refractivity contribution in [3.63, 3.8) is 0 Å². The van der Waals surface area contributed by atoms with E-state index in [2.05, 4.69) is 6.07 Å². The van der Waals surface area contributed by atoms with Crippen molar-refractivity contribution in [1.82, 2.24) is 9.47 Å². The van der Waals surface area contributed by atoms with Gasteiger partial charge in [-0.3, -0.25) is 4.90 Å². The summed E-state index contributed by atoms with van der Waals surface area (Å²) in [5.74, 6) is -0.422. The molecule has 0 radical (unpaired) electrons. The molecule has 1 amide bonds. The van der Waals surface area contributed by atoms with Gasteiger partial charge in [-0.25, -0.2) is 9.59 Å². The van der Waals surface area contributed by atoms with Gasteiger partial charge in [0.25, 0.3) is 0 Å². The number of amides is 1. The number of fused-ring (bicyclic) bond motifs is 3. The predicted octanol–water partition coefficient (Wildman–Crippen LogP) is 4.83. The van der Waals surface area contributed by atoms with Crippen LogP contribution < -0.4 is 0 Å². The lowest BCUT2D eigenvalue weighted by atomic mass is 9.92. The summed E-state index contributed by atoms with van der Waals surface area (Å²) in [6.07, 6.45) is 2.01. The number of aromatic nitrogens is 1. The molecule has 2 saturated heterocycles. The van der Waals surface area contributed by atoms with Gasteiger partial charge in [0.05, 0.1) is 47.6 Å². The zero-order valence-corrected chi connectivity index (χ0v) is 20.6. The molecule has 8 nitrogen and oxygen atoms in total. The summed E-state index contributed by atoms with van der Waals surface area (Å²) < 4.78 is 19.2. The van der Waals surface area contributed by atoms with Gasteiger partial charge in [0.15, 0.2) is 0 Å². The van der Waals surface area contributed by atoms with Crippen molar-refractivity contribution < 1.29 is 23.8 Å². The molecule has 5 rings (SSSR count). The highest BCUT2D eigenvalue weighted by molar-refractivity contribution is 6.05. The molecule has 0 saturated carbocycles. The number of ether oxygens (including phenoxy) is 3. The number of piperidine rings is 1. The maximum absolute atomic E-state index is 13.4. The third-order valence-corrected chi connectivity index (χ3v) is 6.57. The van der Waals surface area contributed by atoms with Gasteiger partial charge < -0.3 is 18.8 Å². The molecule has 186 valence electrons. The van der Waals surface area contributed by atoms with Crippen molar-refractivity contribution in [2.45, 2.75) is 57.4 Å². The molecule has 36 heavy (non-hydrogen) atoms. The molecule has 1 aromatic heterocycles. The quantitative estimate of drug-likeness (QED) is 0.492. The fraction of sp³-hybridized carbons (Fsp3) is 0.393. The van der Waals surface area contributed by atoms with E-state index in [4.69, 9.17) is 14.2 Å². The van der Waals surface area contributed by atoms with E-state index in [1.54, 1.807) is 17.2 Å². The smallest absolute Gasteiger partial charge is 0.410 e. The molecular formula is C28H29N3O5. The van der Waals surface area contributed by atoms with Crippen molar-refractivity contribution >= 4 is 23.0 Å². The fourth-order valence-electron chi connectivity index (χ4n) is 5.11. The van der Waals surface area contributed by atoms with Crippen LogP contribution in [-0.4, -0.2) is 58.5 Å². The van der Waals surface area contributed by atoms with Gasteiger partial charge in [-0.2, -0.15) is 5.26 Å². The summed E-state index contributed by atoms with van der Waals surface area (Å²) >= 11 is 0. The van der Waals surface area contributed by atoms with Gasteiger partial charge in [-0.05, 0) is 39.0 Å². The van der Waals surface area contributed by atoms with E-state index in [9.17, 15) is 14.9 Å². The Balaban J connectivity index is 1.39. The van der Waals surface area contributed by atoms with E-state index in [0.29, 0.717) is 42.9 Å². The van der Waals surface area contributed by atoms with Gasteiger partial charge in [0, 0.05) is 24.4 Å². The third kappa shape index (κ3) is 4.54. The average molecular weight is 488 g/mol. The number of morpholine rings is 1. The summed E-state index contributed by atoms with van der Waals surface area (Å²) in [5.41, 5.74) is 1.88. The zero-order valence-electron chi connectivity index (χ0n) is 20.6. The number of hydrogen-bond acceptors (Lipinski definition) is 6. The van der Waals surface area contributed by atoms with E-state index in [-0.39, 0.29) is 24.3 Å². The highest BCUT2D eigenvalue weighted by atomic mass is 16.6. The van der Waals surface area contributed by atoms with Crippen LogP contribution in [0.5, 0.6) is 0 Å². The van der Waals surface area contributed by atoms with Crippen LogP contribution in [0.4, 0.5) is 4.79 Å². The summed E-state index contributed by atoms with van der Waals surface area (Å²) in [5, 5.41) is 10.3. The molecule has 2 aromatic carbocycles. The number of rotatable bonds is 3. The largest absolute Gasteiger partial charge is 0.459 e. The van der Waals surface area contributed by atoms with Gasteiger partial charge >= 0.3 is 12.1 Å². The third-order valence-electron chi connectivity index (χ3n) is 6.57. The van der Waals surface area contributed by atoms with Crippen LogP contribution in [0, 0.1) is 11.3 Å². The van der Waals surface area contributed by atoms with Gasteiger partial charge in [0.1, 0.15) is 17.8 Å². The van der Waals surface area contributed by atoms with Crippen LogP contribution >= 0.6 is 0 Å². The van der Waals surface area contributed by atoms with Crippen LogP contribution in [0.2, 0.25) is 0 Å². The number of para-hydroxylation sites is 2. The molecule has 0 spiro atoms. The molecule has 1 unspecified atom stereocenters. The highest BCUT2D eigenvalue weighted by Crippen LogP contribution is 2.33. The number of esters is 1. The Morgan fingerprint density at radius 2 is 1.69 bits per heavy atom. The molecule has 2 aliphatic rings. The van der Waals surface area contributed by atoms with Crippen LogP contribution in [0.15, 0.2) is 54.7 Å².